The summed E-state index contributed by atoms with van der Waals surface area (Å²) < 4.78 is 0.868. The summed E-state index contributed by atoms with van der Waals surface area (Å²) in [6.07, 6.45) is 1.48. The van der Waals surface area contributed by atoms with Gasteiger partial charge in [-0.25, -0.2) is 9.69 Å². The second-order valence-corrected chi connectivity index (χ2v) is 6.16. The summed E-state index contributed by atoms with van der Waals surface area (Å²) in [6.45, 7) is 1.85. The molecule has 120 valence electrons. The van der Waals surface area contributed by atoms with Crippen LogP contribution in [0.2, 0.25) is 0 Å². The Labute approximate surface area is 147 Å². The van der Waals surface area contributed by atoms with Gasteiger partial charge >= 0.3 is 6.03 Å². The highest BCUT2D eigenvalue weighted by Crippen LogP contribution is 2.26. The van der Waals surface area contributed by atoms with E-state index in [-0.39, 0.29) is 5.57 Å². The molecule has 2 aromatic rings. The van der Waals surface area contributed by atoms with Crippen LogP contribution in [0.5, 0.6) is 0 Å². The standard InChI is InChI=1S/C18H13BrN2O3/c1-11-9-13(7-8-15(11)19)21-17(23)14(16(22)20-18(21)24)10-12-5-3-2-4-6-12/h2-10H,1H3,(H,20,22,24)/b14-10+. The first-order chi connectivity index (χ1) is 11.5. The molecule has 0 bridgehead atoms. The number of halogens is 1. The zero-order valence-corrected chi connectivity index (χ0v) is 14.3. The fourth-order valence-corrected chi connectivity index (χ4v) is 2.62. The highest BCUT2D eigenvalue weighted by molar-refractivity contribution is 9.10. The smallest absolute Gasteiger partial charge is 0.273 e. The van der Waals surface area contributed by atoms with Crippen molar-refractivity contribution >= 4 is 45.5 Å². The van der Waals surface area contributed by atoms with Crippen molar-refractivity contribution in [3.8, 4) is 0 Å². The number of hydrogen-bond donors (Lipinski definition) is 1. The summed E-state index contributed by atoms with van der Waals surface area (Å²) in [7, 11) is 0. The van der Waals surface area contributed by atoms with Crippen LogP contribution in [0, 0.1) is 6.92 Å². The Morgan fingerprint density at radius 3 is 2.42 bits per heavy atom. The van der Waals surface area contributed by atoms with E-state index in [1.54, 1.807) is 42.5 Å². The van der Waals surface area contributed by atoms with Gasteiger partial charge in [0.05, 0.1) is 5.69 Å². The molecule has 1 heterocycles. The number of anilines is 1. The van der Waals surface area contributed by atoms with E-state index >= 15 is 0 Å². The number of nitrogens with zero attached hydrogens (tertiary/aromatic N) is 1. The minimum absolute atomic E-state index is 0.0821. The van der Waals surface area contributed by atoms with Crippen LogP contribution in [0.25, 0.3) is 6.08 Å². The molecule has 0 unspecified atom stereocenters. The predicted octanol–water partition coefficient (Wildman–Crippen LogP) is 3.42. The summed E-state index contributed by atoms with van der Waals surface area (Å²) in [5.74, 6) is -1.34. The Hall–Kier alpha value is -2.73. The van der Waals surface area contributed by atoms with Gasteiger partial charge in [0.1, 0.15) is 5.57 Å². The van der Waals surface area contributed by atoms with E-state index < -0.39 is 17.8 Å². The van der Waals surface area contributed by atoms with E-state index in [0.717, 1.165) is 14.9 Å². The SMILES string of the molecule is Cc1cc(N2C(=O)NC(=O)/C(=C\c3ccccc3)C2=O)ccc1Br. The van der Waals surface area contributed by atoms with Crippen LogP contribution in [0.15, 0.2) is 58.6 Å². The van der Waals surface area contributed by atoms with Gasteiger partial charge in [-0.05, 0) is 42.3 Å². The van der Waals surface area contributed by atoms with Crippen LogP contribution in [0.3, 0.4) is 0 Å². The van der Waals surface area contributed by atoms with Crippen molar-refractivity contribution < 1.29 is 14.4 Å². The number of barbiturate groups is 1. The summed E-state index contributed by atoms with van der Waals surface area (Å²) in [4.78, 5) is 37.9. The molecule has 1 aliphatic heterocycles. The lowest BCUT2D eigenvalue weighted by molar-refractivity contribution is -0.122. The van der Waals surface area contributed by atoms with Crippen molar-refractivity contribution in [3.63, 3.8) is 0 Å². The highest BCUT2D eigenvalue weighted by Gasteiger charge is 2.36. The number of amides is 4. The molecular weight excluding hydrogens is 372 g/mol. The molecule has 0 radical (unpaired) electrons. The molecule has 3 rings (SSSR count). The van der Waals surface area contributed by atoms with Gasteiger partial charge in [0.2, 0.25) is 0 Å². The lowest BCUT2D eigenvalue weighted by Gasteiger charge is -2.26. The first-order valence-corrected chi connectivity index (χ1v) is 7.99. The van der Waals surface area contributed by atoms with Gasteiger partial charge in [-0.1, -0.05) is 46.3 Å². The summed E-state index contributed by atoms with van der Waals surface area (Å²) >= 11 is 3.38. The quantitative estimate of drug-likeness (QED) is 0.637. The molecule has 5 nitrogen and oxygen atoms in total. The Kier molecular flexibility index (Phi) is 4.31. The molecule has 0 spiro atoms. The van der Waals surface area contributed by atoms with Crippen LogP contribution < -0.4 is 10.2 Å². The number of imide groups is 2. The number of urea groups is 1. The van der Waals surface area contributed by atoms with E-state index in [1.165, 1.54) is 6.08 Å². The van der Waals surface area contributed by atoms with Crippen molar-refractivity contribution in [1.82, 2.24) is 5.32 Å². The van der Waals surface area contributed by atoms with Crippen molar-refractivity contribution in [2.75, 3.05) is 4.90 Å². The lowest BCUT2D eigenvalue weighted by atomic mass is 10.1. The average molecular weight is 385 g/mol. The van der Waals surface area contributed by atoms with Crippen molar-refractivity contribution in [2.45, 2.75) is 6.92 Å². The predicted molar refractivity (Wildman–Crippen MR) is 94.3 cm³/mol. The van der Waals surface area contributed by atoms with Crippen LogP contribution in [-0.2, 0) is 9.59 Å². The van der Waals surface area contributed by atoms with E-state index in [0.29, 0.717) is 11.3 Å². The van der Waals surface area contributed by atoms with Crippen LogP contribution in [0.4, 0.5) is 10.5 Å². The maximum atomic E-state index is 12.7. The minimum Gasteiger partial charge on any atom is -0.273 e. The average Bonchev–Trinajstić information content (AvgIpc) is 2.55. The molecule has 6 heteroatoms. The fourth-order valence-electron chi connectivity index (χ4n) is 2.38. The van der Waals surface area contributed by atoms with E-state index in [2.05, 4.69) is 21.2 Å². The van der Waals surface area contributed by atoms with Gasteiger partial charge in [0.25, 0.3) is 11.8 Å². The maximum absolute atomic E-state index is 12.7. The molecule has 1 N–H and O–H groups in total. The van der Waals surface area contributed by atoms with E-state index in [1.807, 2.05) is 13.0 Å². The molecule has 2 aromatic carbocycles. The van der Waals surface area contributed by atoms with Gasteiger partial charge in [-0.15, -0.1) is 0 Å². The van der Waals surface area contributed by atoms with E-state index in [9.17, 15) is 14.4 Å². The third-order valence-corrected chi connectivity index (χ3v) is 4.50. The van der Waals surface area contributed by atoms with Gasteiger partial charge in [0, 0.05) is 4.47 Å². The Balaban J connectivity index is 2.03. The zero-order valence-electron chi connectivity index (χ0n) is 12.7. The van der Waals surface area contributed by atoms with Crippen LogP contribution in [0.1, 0.15) is 11.1 Å². The number of benzene rings is 2. The molecule has 0 aromatic heterocycles. The summed E-state index contributed by atoms with van der Waals surface area (Å²) in [5, 5.41) is 2.21. The molecular formula is C18H13BrN2O3. The van der Waals surface area contributed by atoms with Gasteiger partial charge in [-0.2, -0.15) is 0 Å². The second-order valence-electron chi connectivity index (χ2n) is 5.30. The topological polar surface area (TPSA) is 66.5 Å². The third-order valence-electron chi connectivity index (χ3n) is 3.61. The first kappa shape index (κ1) is 16.1. The van der Waals surface area contributed by atoms with E-state index in [4.69, 9.17) is 0 Å². The van der Waals surface area contributed by atoms with Crippen LogP contribution in [-0.4, -0.2) is 17.8 Å². The normalized spacial score (nSPS) is 16.5. The Morgan fingerprint density at radius 1 is 1.04 bits per heavy atom. The molecule has 1 fully saturated rings. The molecule has 1 saturated heterocycles. The minimum atomic E-state index is -0.753. The third kappa shape index (κ3) is 3.00. The Bertz CT molecular complexity index is 875. The highest BCUT2D eigenvalue weighted by atomic mass is 79.9. The molecule has 0 aliphatic carbocycles. The van der Waals surface area contributed by atoms with Crippen molar-refractivity contribution in [3.05, 3.63) is 69.7 Å². The Morgan fingerprint density at radius 2 is 1.75 bits per heavy atom. The van der Waals surface area contributed by atoms with Crippen molar-refractivity contribution in [2.24, 2.45) is 0 Å². The molecule has 24 heavy (non-hydrogen) atoms. The van der Waals surface area contributed by atoms with Gasteiger partial charge in [0.15, 0.2) is 0 Å². The molecule has 4 amide bonds. The van der Waals surface area contributed by atoms with Crippen LogP contribution >= 0.6 is 15.9 Å². The van der Waals surface area contributed by atoms with Gasteiger partial charge < -0.3 is 0 Å². The zero-order chi connectivity index (χ0) is 17.3. The molecule has 1 aliphatic rings. The maximum Gasteiger partial charge on any atom is 0.335 e. The number of carbonyl (C=O) groups is 3. The number of nitrogens with one attached hydrogen (secondary N) is 1. The number of carbonyl (C=O) groups excluding carboxylic acids is 3. The molecule has 0 atom stereocenters. The summed E-state index contributed by atoms with van der Waals surface area (Å²) in [5.41, 5.74) is 1.90. The van der Waals surface area contributed by atoms with Gasteiger partial charge in [-0.3, -0.25) is 14.9 Å². The first-order valence-electron chi connectivity index (χ1n) is 7.20. The number of rotatable bonds is 2. The number of aryl methyl sites for hydroxylation is 1. The molecule has 0 saturated carbocycles. The summed E-state index contributed by atoms with van der Waals surface area (Å²) in [6, 6.07) is 13.3. The number of hydrogen-bond acceptors (Lipinski definition) is 3. The monoisotopic (exact) mass is 384 g/mol. The fraction of sp³-hybridized carbons (Fsp3) is 0.0556. The largest absolute Gasteiger partial charge is 0.335 e. The van der Waals surface area contributed by atoms with Crippen molar-refractivity contribution in [1.29, 1.82) is 0 Å². The second kappa shape index (κ2) is 6.41. The lowest BCUT2D eigenvalue weighted by Crippen LogP contribution is -2.54.